The Hall–Kier alpha value is -1.85. The van der Waals surface area contributed by atoms with Gasteiger partial charge in [-0.15, -0.1) is 0 Å². The zero-order valence-corrected chi connectivity index (χ0v) is 14.1. The van der Waals surface area contributed by atoms with Crippen LogP contribution in [0.4, 0.5) is 0 Å². The number of fused-ring (bicyclic) bond motifs is 1. The van der Waals surface area contributed by atoms with Crippen molar-refractivity contribution in [2.45, 2.75) is 52.0 Å². The van der Waals surface area contributed by atoms with Crippen molar-refractivity contribution in [2.24, 2.45) is 5.92 Å². The second kappa shape index (κ2) is 6.72. The Morgan fingerprint density at radius 1 is 1.35 bits per heavy atom. The number of H-pyrrole nitrogens is 1. The van der Waals surface area contributed by atoms with E-state index in [-0.39, 0.29) is 17.7 Å². The first-order valence-corrected chi connectivity index (χ1v) is 8.68. The van der Waals surface area contributed by atoms with Gasteiger partial charge in [0, 0.05) is 32.3 Å². The molecule has 1 atom stereocenters. The van der Waals surface area contributed by atoms with E-state index >= 15 is 0 Å². The number of carbonyl (C=O) groups is 2. The molecule has 0 bridgehead atoms. The fourth-order valence-corrected chi connectivity index (χ4v) is 3.71. The van der Waals surface area contributed by atoms with E-state index in [0.717, 1.165) is 18.5 Å². The number of hydrogen-bond acceptors (Lipinski definition) is 3. The van der Waals surface area contributed by atoms with Gasteiger partial charge in [0.2, 0.25) is 11.8 Å². The van der Waals surface area contributed by atoms with Crippen LogP contribution in [0.3, 0.4) is 0 Å². The fraction of sp³-hybridized carbons (Fsp3) is 0.706. The van der Waals surface area contributed by atoms with Crippen molar-refractivity contribution < 1.29 is 9.59 Å². The topological polar surface area (TPSA) is 69.3 Å². The number of carbonyl (C=O) groups excluding carboxylic acids is 2. The predicted octanol–water partition coefficient (Wildman–Crippen LogP) is 1.51. The first-order chi connectivity index (χ1) is 11.1. The maximum atomic E-state index is 12.6. The lowest BCUT2D eigenvalue weighted by molar-refractivity contribution is -0.135. The van der Waals surface area contributed by atoms with Gasteiger partial charge in [-0.1, -0.05) is 6.42 Å². The minimum atomic E-state index is -0.204. The smallest absolute Gasteiger partial charge is 0.228 e. The molecule has 1 fully saturated rings. The molecule has 6 nitrogen and oxygen atoms in total. The molecular formula is C17H26N4O2. The molecule has 1 saturated heterocycles. The van der Waals surface area contributed by atoms with Crippen LogP contribution < -0.4 is 0 Å². The minimum absolute atomic E-state index is 0.0553. The van der Waals surface area contributed by atoms with Gasteiger partial charge >= 0.3 is 0 Å². The maximum absolute atomic E-state index is 12.6. The van der Waals surface area contributed by atoms with E-state index in [1.807, 2.05) is 14.0 Å². The van der Waals surface area contributed by atoms with E-state index in [4.69, 9.17) is 0 Å². The van der Waals surface area contributed by atoms with Crippen molar-refractivity contribution in [1.29, 1.82) is 0 Å². The Bertz CT molecular complexity index is 595. The summed E-state index contributed by atoms with van der Waals surface area (Å²) in [7, 11) is 1.82. The van der Waals surface area contributed by atoms with Crippen molar-refractivity contribution in [2.75, 3.05) is 20.1 Å². The molecule has 0 radical (unpaired) electrons. The molecule has 1 aromatic heterocycles. The third-order valence-electron chi connectivity index (χ3n) is 5.10. The summed E-state index contributed by atoms with van der Waals surface area (Å²) in [5, 5.41) is 7.59. The third-order valence-corrected chi connectivity index (χ3v) is 5.10. The van der Waals surface area contributed by atoms with Crippen LogP contribution in [0.1, 0.15) is 49.6 Å². The molecule has 2 amide bonds. The van der Waals surface area contributed by atoms with E-state index in [2.05, 4.69) is 10.2 Å². The lowest BCUT2D eigenvalue weighted by Gasteiger charge is -2.21. The van der Waals surface area contributed by atoms with Gasteiger partial charge in [-0.05, 0) is 38.2 Å². The Morgan fingerprint density at radius 3 is 2.87 bits per heavy atom. The monoisotopic (exact) mass is 318 g/mol. The zero-order chi connectivity index (χ0) is 16.4. The van der Waals surface area contributed by atoms with Gasteiger partial charge in [0.25, 0.3) is 0 Å². The van der Waals surface area contributed by atoms with Gasteiger partial charge in [-0.3, -0.25) is 14.7 Å². The fourth-order valence-electron chi connectivity index (χ4n) is 3.71. The standard InChI is InChI=1S/C17H26N4O2/c1-3-21-10-12(9-16(21)22)17(23)20(2)11-15-13-7-5-4-6-8-14(13)18-19-15/h12H,3-11H2,1-2H3,(H,18,19)/t12-/m0/s1. The first-order valence-electron chi connectivity index (χ1n) is 8.68. The van der Waals surface area contributed by atoms with Crippen LogP contribution in [0.5, 0.6) is 0 Å². The average molecular weight is 318 g/mol. The molecule has 0 spiro atoms. The van der Waals surface area contributed by atoms with Crippen molar-refractivity contribution in [3.05, 3.63) is 17.0 Å². The molecule has 23 heavy (non-hydrogen) atoms. The van der Waals surface area contributed by atoms with Crippen LogP contribution in [0.15, 0.2) is 0 Å². The summed E-state index contributed by atoms with van der Waals surface area (Å²) in [6.45, 7) is 3.71. The molecule has 3 rings (SSSR count). The lowest BCUT2D eigenvalue weighted by Crippen LogP contribution is -2.34. The number of hydrogen-bond donors (Lipinski definition) is 1. The van der Waals surface area contributed by atoms with Gasteiger partial charge in [0.15, 0.2) is 0 Å². The number of aryl methyl sites for hydroxylation is 1. The molecule has 6 heteroatoms. The quantitative estimate of drug-likeness (QED) is 0.856. The highest BCUT2D eigenvalue weighted by Gasteiger charge is 2.35. The van der Waals surface area contributed by atoms with E-state index in [1.54, 1.807) is 9.80 Å². The summed E-state index contributed by atoms with van der Waals surface area (Å²) in [4.78, 5) is 27.9. The van der Waals surface area contributed by atoms with Crippen molar-refractivity contribution in [3.63, 3.8) is 0 Å². The van der Waals surface area contributed by atoms with Crippen LogP contribution in [0.2, 0.25) is 0 Å². The second-order valence-corrected chi connectivity index (χ2v) is 6.72. The van der Waals surface area contributed by atoms with Gasteiger partial charge in [-0.25, -0.2) is 0 Å². The Labute approximate surface area is 137 Å². The van der Waals surface area contributed by atoms with Crippen molar-refractivity contribution in [1.82, 2.24) is 20.0 Å². The number of amides is 2. The van der Waals surface area contributed by atoms with E-state index in [1.165, 1.54) is 30.5 Å². The van der Waals surface area contributed by atoms with Crippen LogP contribution >= 0.6 is 0 Å². The van der Waals surface area contributed by atoms with Crippen LogP contribution in [0, 0.1) is 5.92 Å². The maximum Gasteiger partial charge on any atom is 0.228 e. The number of rotatable bonds is 4. The molecule has 1 aliphatic carbocycles. The summed E-state index contributed by atoms with van der Waals surface area (Å²) >= 11 is 0. The second-order valence-electron chi connectivity index (χ2n) is 6.72. The summed E-state index contributed by atoms with van der Waals surface area (Å²) in [6, 6.07) is 0. The number of likely N-dealkylation sites (tertiary alicyclic amines) is 1. The van der Waals surface area contributed by atoms with Crippen molar-refractivity contribution in [3.8, 4) is 0 Å². The minimum Gasteiger partial charge on any atom is -0.342 e. The van der Waals surface area contributed by atoms with Crippen LogP contribution in [0.25, 0.3) is 0 Å². The molecule has 2 heterocycles. The SMILES string of the molecule is CCN1C[C@@H](C(=O)N(C)Cc2n[nH]c3c2CCCCC3)CC1=O. The molecule has 0 saturated carbocycles. The first kappa shape index (κ1) is 16.0. The summed E-state index contributed by atoms with van der Waals surface area (Å²) in [5.41, 5.74) is 3.54. The highest BCUT2D eigenvalue weighted by atomic mass is 16.2. The molecule has 0 unspecified atom stereocenters. The van der Waals surface area contributed by atoms with E-state index < -0.39 is 0 Å². The molecular weight excluding hydrogens is 292 g/mol. The Morgan fingerprint density at radius 2 is 2.13 bits per heavy atom. The molecule has 126 valence electrons. The van der Waals surface area contributed by atoms with Gasteiger partial charge in [-0.2, -0.15) is 5.10 Å². The summed E-state index contributed by atoms with van der Waals surface area (Å²) in [6.07, 6.45) is 6.11. The van der Waals surface area contributed by atoms with E-state index in [0.29, 0.717) is 26.1 Å². The highest BCUT2D eigenvalue weighted by Crippen LogP contribution is 2.24. The van der Waals surface area contributed by atoms with Gasteiger partial charge in [0.05, 0.1) is 18.2 Å². The Kier molecular flexibility index (Phi) is 4.68. The number of nitrogens with zero attached hydrogens (tertiary/aromatic N) is 3. The normalized spacial score (nSPS) is 21.2. The molecule has 1 aromatic rings. The van der Waals surface area contributed by atoms with Crippen LogP contribution in [-0.2, 0) is 29.0 Å². The molecule has 2 aliphatic rings. The number of aromatic nitrogens is 2. The molecule has 1 N–H and O–H groups in total. The Balaban J connectivity index is 1.65. The van der Waals surface area contributed by atoms with Gasteiger partial charge < -0.3 is 9.80 Å². The van der Waals surface area contributed by atoms with Crippen LogP contribution in [-0.4, -0.2) is 51.9 Å². The molecule has 0 aromatic carbocycles. The zero-order valence-electron chi connectivity index (χ0n) is 14.1. The number of aromatic amines is 1. The highest BCUT2D eigenvalue weighted by molar-refractivity contribution is 5.89. The summed E-state index contributed by atoms with van der Waals surface area (Å²) in [5.74, 6) is -0.0578. The predicted molar refractivity (Wildman–Crippen MR) is 86.7 cm³/mol. The average Bonchev–Trinajstić information content (AvgIpc) is 3.01. The number of nitrogens with one attached hydrogen (secondary N) is 1. The van der Waals surface area contributed by atoms with Gasteiger partial charge in [0.1, 0.15) is 0 Å². The summed E-state index contributed by atoms with van der Waals surface area (Å²) < 4.78 is 0. The largest absolute Gasteiger partial charge is 0.342 e. The van der Waals surface area contributed by atoms with E-state index in [9.17, 15) is 9.59 Å². The molecule has 1 aliphatic heterocycles. The van der Waals surface area contributed by atoms with Crippen molar-refractivity contribution >= 4 is 11.8 Å². The lowest BCUT2D eigenvalue weighted by atomic mass is 10.1. The third kappa shape index (κ3) is 3.26.